The normalized spacial score (nSPS) is 28.7. The van der Waals surface area contributed by atoms with Gasteiger partial charge in [-0.15, -0.1) is 0 Å². The van der Waals surface area contributed by atoms with E-state index in [9.17, 15) is 15.3 Å². The third-order valence-electron chi connectivity index (χ3n) is 3.38. The molecule has 1 saturated heterocycles. The van der Waals surface area contributed by atoms with E-state index in [1.807, 2.05) is 0 Å². The quantitative estimate of drug-likeness (QED) is 0.401. The van der Waals surface area contributed by atoms with Gasteiger partial charge < -0.3 is 20.1 Å². The lowest BCUT2D eigenvalue weighted by atomic mass is 10.1. The van der Waals surface area contributed by atoms with Crippen LogP contribution in [-0.4, -0.2) is 53.3 Å². The van der Waals surface area contributed by atoms with Crippen LogP contribution < -0.4 is 0 Å². The van der Waals surface area contributed by atoms with Crippen LogP contribution in [-0.2, 0) is 4.74 Å². The Kier molecular flexibility index (Phi) is 3.11. The van der Waals surface area contributed by atoms with Gasteiger partial charge in [0.2, 0.25) is 5.88 Å². The maximum absolute atomic E-state index is 10.0. The predicted octanol–water partition coefficient (Wildman–Crippen LogP) is -0.189. The third kappa shape index (κ3) is 1.96. The molecule has 0 saturated carbocycles. The number of aromatic hydroxyl groups is 1. The molecule has 3 N–H and O–H groups in total. The number of nitrogens with zero attached hydrogens (tertiary/aromatic N) is 7. The maximum atomic E-state index is 10.0. The van der Waals surface area contributed by atoms with Crippen molar-refractivity contribution in [2.45, 2.75) is 24.5 Å². The third-order valence-corrected chi connectivity index (χ3v) is 3.38. The van der Waals surface area contributed by atoms with E-state index in [0.29, 0.717) is 5.65 Å². The van der Waals surface area contributed by atoms with E-state index >= 15 is 0 Å². The van der Waals surface area contributed by atoms with Crippen molar-refractivity contribution in [3.8, 4) is 5.88 Å². The Labute approximate surface area is 117 Å². The highest BCUT2D eigenvalue weighted by atomic mass is 16.6. The number of aliphatic hydroxyl groups is 2. The Morgan fingerprint density at radius 1 is 1.52 bits per heavy atom. The highest BCUT2D eigenvalue weighted by Crippen LogP contribution is 2.39. The smallest absolute Gasteiger partial charge is 0.242 e. The highest BCUT2D eigenvalue weighted by Gasteiger charge is 2.48. The summed E-state index contributed by atoms with van der Waals surface area (Å²) in [5.41, 5.74) is 7.29. The molecule has 21 heavy (non-hydrogen) atoms. The van der Waals surface area contributed by atoms with Crippen LogP contribution in [0.2, 0.25) is 0 Å². The average molecular weight is 293 g/mol. The second kappa shape index (κ2) is 4.82. The molecule has 3 atom stereocenters. The van der Waals surface area contributed by atoms with E-state index in [0.717, 1.165) is 6.33 Å². The zero-order valence-electron chi connectivity index (χ0n) is 10.6. The Morgan fingerprint density at radius 3 is 3.05 bits per heavy atom. The van der Waals surface area contributed by atoms with Crippen LogP contribution >= 0.6 is 0 Å². The summed E-state index contributed by atoms with van der Waals surface area (Å²) in [6, 6.07) is 0. The summed E-state index contributed by atoms with van der Waals surface area (Å²) in [5.74, 6) is -0.277. The number of rotatable bonds is 3. The van der Waals surface area contributed by atoms with Gasteiger partial charge in [0.25, 0.3) is 0 Å². The van der Waals surface area contributed by atoms with Gasteiger partial charge in [0.05, 0.1) is 19.0 Å². The van der Waals surface area contributed by atoms with E-state index in [2.05, 4.69) is 25.0 Å². The second-order valence-electron chi connectivity index (χ2n) is 4.54. The molecule has 0 bridgehead atoms. The minimum Gasteiger partial charge on any atom is -0.492 e. The molecule has 3 rings (SSSR count). The van der Waals surface area contributed by atoms with Crippen LogP contribution in [0.25, 0.3) is 21.6 Å². The summed E-state index contributed by atoms with van der Waals surface area (Å²) >= 11 is 0. The van der Waals surface area contributed by atoms with Crippen LogP contribution in [0.5, 0.6) is 5.88 Å². The summed E-state index contributed by atoms with van der Waals surface area (Å²) in [6.45, 7) is -0.665. The number of fused-ring (bicyclic) bond motifs is 1. The fourth-order valence-electron chi connectivity index (χ4n) is 2.30. The number of hydrogen-bond acceptors (Lipinski definition) is 8. The Morgan fingerprint density at radius 2 is 2.33 bits per heavy atom. The number of aromatic nitrogens is 4. The molecular formula is C10H11N7O4. The molecule has 0 spiro atoms. The van der Waals surface area contributed by atoms with Crippen LogP contribution in [0.4, 0.5) is 0 Å². The van der Waals surface area contributed by atoms with Crippen molar-refractivity contribution >= 4 is 11.2 Å². The molecule has 11 nitrogen and oxygen atoms in total. The molecule has 1 aliphatic rings. The fraction of sp³-hybridized carbons (Fsp3) is 0.500. The molecular weight excluding hydrogens is 282 g/mol. The van der Waals surface area contributed by atoms with Gasteiger partial charge in [-0.25, -0.2) is 9.97 Å². The van der Waals surface area contributed by atoms with Gasteiger partial charge in [-0.05, 0) is 5.53 Å². The van der Waals surface area contributed by atoms with Gasteiger partial charge in [0.1, 0.15) is 12.6 Å². The van der Waals surface area contributed by atoms with Crippen molar-refractivity contribution in [2.24, 2.45) is 5.11 Å². The van der Waals surface area contributed by atoms with Gasteiger partial charge in [0.15, 0.2) is 16.9 Å². The Balaban J connectivity index is 2.02. The zero-order valence-corrected chi connectivity index (χ0v) is 10.6. The van der Waals surface area contributed by atoms with Crippen molar-refractivity contribution in [1.82, 2.24) is 19.5 Å². The van der Waals surface area contributed by atoms with Gasteiger partial charge in [-0.1, -0.05) is 5.11 Å². The summed E-state index contributed by atoms with van der Waals surface area (Å²) in [6.07, 6.45) is 0.650. The van der Waals surface area contributed by atoms with Gasteiger partial charge in [-0.2, -0.15) is 4.98 Å². The monoisotopic (exact) mass is 293 g/mol. The first kappa shape index (κ1) is 13.5. The van der Waals surface area contributed by atoms with E-state index in [4.69, 9.17) is 10.3 Å². The Bertz CT molecular complexity index is 727. The Hall–Kier alpha value is -2.46. The molecule has 1 aliphatic heterocycles. The van der Waals surface area contributed by atoms with E-state index in [-0.39, 0.29) is 17.8 Å². The van der Waals surface area contributed by atoms with Crippen LogP contribution in [0.1, 0.15) is 12.6 Å². The minimum atomic E-state index is -1.74. The molecule has 2 aromatic heterocycles. The number of hydrogen-bond donors (Lipinski definition) is 3. The largest absolute Gasteiger partial charge is 0.492 e. The molecule has 0 radical (unpaired) electrons. The maximum Gasteiger partial charge on any atom is 0.242 e. The van der Waals surface area contributed by atoms with Crippen molar-refractivity contribution < 1.29 is 20.1 Å². The second-order valence-corrected chi connectivity index (χ2v) is 4.54. The number of imidazole rings is 1. The fourth-order valence-corrected chi connectivity index (χ4v) is 2.30. The van der Waals surface area contributed by atoms with Crippen molar-refractivity contribution in [3.05, 3.63) is 23.1 Å². The van der Waals surface area contributed by atoms with Crippen molar-refractivity contribution in [2.75, 3.05) is 6.61 Å². The first-order valence-electron chi connectivity index (χ1n) is 6.01. The number of ether oxygens (including phenoxy) is 1. The highest BCUT2D eigenvalue weighted by molar-refractivity contribution is 5.75. The molecule has 0 aliphatic carbocycles. The molecule has 110 valence electrons. The first-order valence-corrected chi connectivity index (χ1v) is 6.01. The number of aliphatic hydroxyl groups excluding tert-OH is 2. The number of azide groups is 1. The molecule has 3 heterocycles. The lowest BCUT2D eigenvalue weighted by molar-refractivity contribution is -0.122. The van der Waals surface area contributed by atoms with Gasteiger partial charge >= 0.3 is 0 Å². The topological polar surface area (TPSA) is 162 Å². The van der Waals surface area contributed by atoms with Crippen LogP contribution in [0.3, 0.4) is 0 Å². The van der Waals surface area contributed by atoms with E-state index < -0.39 is 24.7 Å². The lowest BCUT2D eigenvalue weighted by Gasteiger charge is -2.24. The summed E-state index contributed by atoms with van der Waals surface area (Å²) < 4.78 is 6.97. The van der Waals surface area contributed by atoms with Crippen molar-refractivity contribution in [1.29, 1.82) is 0 Å². The summed E-state index contributed by atoms with van der Waals surface area (Å²) in [4.78, 5) is 14.2. The molecule has 11 heteroatoms. The average Bonchev–Trinajstić information content (AvgIpc) is 3.03. The molecule has 0 aromatic carbocycles. The SMILES string of the molecule is [N-]=[N+]=N[C@]1(CO)O[C@@H](n2cnc3c(O)ncnc32)C[C@@H]1O. The summed E-state index contributed by atoms with van der Waals surface area (Å²) in [7, 11) is 0. The zero-order chi connectivity index (χ0) is 15.0. The minimum absolute atomic E-state index is 0.0653. The molecule has 0 amide bonds. The van der Waals surface area contributed by atoms with Crippen molar-refractivity contribution in [3.63, 3.8) is 0 Å². The van der Waals surface area contributed by atoms with Gasteiger partial charge in [0, 0.05) is 11.3 Å². The van der Waals surface area contributed by atoms with Crippen LogP contribution in [0.15, 0.2) is 17.8 Å². The predicted molar refractivity (Wildman–Crippen MR) is 66.7 cm³/mol. The summed E-state index contributed by atoms with van der Waals surface area (Å²) in [5, 5.41) is 32.3. The standard InChI is InChI=1S/C10H11N7O4/c11-16-15-10(2-18)5(19)1-6(21-10)17-4-14-7-8(17)12-3-13-9(7)20/h3-6,18-19H,1-2H2,(H,12,13,20)/t5-,6+,10+/m0/s1. The molecule has 0 unspecified atom stereocenters. The molecule has 1 fully saturated rings. The lowest BCUT2D eigenvalue weighted by Crippen LogP contribution is -2.40. The molecule has 2 aromatic rings. The first-order chi connectivity index (χ1) is 10.1. The van der Waals surface area contributed by atoms with Gasteiger partial charge in [-0.3, -0.25) is 4.57 Å². The van der Waals surface area contributed by atoms with E-state index in [1.165, 1.54) is 10.9 Å². The van der Waals surface area contributed by atoms with E-state index in [1.54, 1.807) is 0 Å². The van der Waals surface area contributed by atoms with Crippen LogP contribution in [0, 0.1) is 0 Å².